The Morgan fingerprint density at radius 2 is 1.96 bits per heavy atom. The molecule has 3 heterocycles. The van der Waals surface area contributed by atoms with Crippen LogP contribution in [0.2, 0.25) is 0 Å². The van der Waals surface area contributed by atoms with Gasteiger partial charge in [-0.25, -0.2) is 4.98 Å². The van der Waals surface area contributed by atoms with Crippen LogP contribution in [0.5, 0.6) is 0 Å². The summed E-state index contributed by atoms with van der Waals surface area (Å²) in [5, 5.41) is 3.03. The number of carbonyl (C=O) groups excluding carboxylic acids is 1. The predicted octanol–water partition coefficient (Wildman–Crippen LogP) is 4.69. The van der Waals surface area contributed by atoms with Crippen molar-refractivity contribution in [3.63, 3.8) is 0 Å². The highest BCUT2D eigenvalue weighted by molar-refractivity contribution is 7.14. The van der Waals surface area contributed by atoms with Crippen molar-refractivity contribution in [1.82, 2.24) is 9.55 Å². The smallest absolute Gasteiger partial charge is 0.265 e. The van der Waals surface area contributed by atoms with Crippen LogP contribution in [0.25, 0.3) is 11.4 Å². The molecule has 1 aliphatic carbocycles. The molecule has 0 saturated heterocycles. The first kappa shape index (κ1) is 15.8. The van der Waals surface area contributed by atoms with Gasteiger partial charge in [-0.1, -0.05) is 0 Å². The molecule has 0 fully saturated rings. The normalized spacial score (nSPS) is 15.5. The summed E-state index contributed by atoms with van der Waals surface area (Å²) in [7, 11) is 0. The Balaban J connectivity index is 1.33. The summed E-state index contributed by atoms with van der Waals surface area (Å²) in [5.41, 5.74) is 4.62. The molecule has 0 atom stereocenters. The van der Waals surface area contributed by atoms with Gasteiger partial charge in [-0.05, 0) is 74.4 Å². The Morgan fingerprint density at radius 1 is 1.08 bits per heavy atom. The number of imidazole rings is 1. The number of aryl methyl sites for hydroxylation is 3. The molecule has 3 aromatic rings. The lowest BCUT2D eigenvalue weighted by Crippen LogP contribution is -2.11. The number of fused-ring (bicyclic) bond motifs is 2. The van der Waals surface area contributed by atoms with Crippen molar-refractivity contribution < 1.29 is 4.79 Å². The van der Waals surface area contributed by atoms with Gasteiger partial charge in [0, 0.05) is 34.6 Å². The molecule has 0 bridgehead atoms. The van der Waals surface area contributed by atoms with E-state index in [0.717, 1.165) is 47.8 Å². The largest absolute Gasteiger partial charge is 0.328 e. The molecule has 2 aromatic heterocycles. The van der Waals surface area contributed by atoms with Crippen LogP contribution in [0.15, 0.2) is 36.5 Å². The summed E-state index contributed by atoms with van der Waals surface area (Å²) in [4.78, 5) is 19.3. The summed E-state index contributed by atoms with van der Waals surface area (Å²) in [6.45, 7) is 1.05. The van der Waals surface area contributed by atoms with Gasteiger partial charge in [-0.3, -0.25) is 4.79 Å². The van der Waals surface area contributed by atoms with Crippen LogP contribution in [0.3, 0.4) is 0 Å². The Kier molecular flexibility index (Phi) is 3.89. The summed E-state index contributed by atoms with van der Waals surface area (Å²) in [6, 6.07) is 10.1. The van der Waals surface area contributed by atoms with Crippen LogP contribution in [0.1, 0.15) is 45.1 Å². The summed E-state index contributed by atoms with van der Waals surface area (Å²) >= 11 is 1.64. The number of benzene rings is 1. The zero-order valence-electron chi connectivity index (χ0n) is 14.6. The van der Waals surface area contributed by atoms with Gasteiger partial charge in [0.1, 0.15) is 5.82 Å². The molecular formula is C21H21N3OS. The van der Waals surface area contributed by atoms with Crippen LogP contribution in [-0.2, 0) is 25.8 Å². The number of rotatable bonds is 3. The highest BCUT2D eigenvalue weighted by Crippen LogP contribution is 2.31. The maximum atomic E-state index is 12.5. The number of hydrogen-bond acceptors (Lipinski definition) is 3. The predicted molar refractivity (Wildman–Crippen MR) is 105 cm³/mol. The zero-order chi connectivity index (χ0) is 17.5. The van der Waals surface area contributed by atoms with Gasteiger partial charge >= 0.3 is 0 Å². The lowest BCUT2D eigenvalue weighted by atomic mass is 10.1. The first-order valence-corrected chi connectivity index (χ1v) is 10.2. The van der Waals surface area contributed by atoms with E-state index in [9.17, 15) is 4.79 Å². The molecule has 1 aromatic carbocycles. The number of thiophene rings is 1. The van der Waals surface area contributed by atoms with Gasteiger partial charge in [0.25, 0.3) is 5.91 Å². The Morgan fingerprint density at radius 3 is 2.81 bits per heavy atom. The van der Waals surface area contributed by atoms with E-state index in [0.29, 0.717) is 0 Å². The van der Waals surface area contributed by atoms with Crippen molar-refractivity contribution in [3.05, 3.63) is 57.5 Å². The second-order valence-electron chi connectivity index (χ2n) is 7.13. The fourth-order valence-electron chi connectivity index (χ4n) is 4.00. The Bertz CT molecular complexity index is 946. The first-order chi connectivity index (χ1) is 12.8. The fourth-order valence-corrected chi connectivity index (χ4v) is 5.15. The average molecular weight is 363 g/mol. The standard InChI is InChI=1S/C21H21N3OS/c25-21(19-12-15-4-3-6-18(15)26-19)23-16-9-7-14(8-10-16)20-22-13-17-5-1-2-11-24(17)20/h7-10,12-13H,1-6,11H2,(H,23,25). The van der Waals surface area contributed by atoms with E-state index in [1.807, 2.05) is 30.5 Å². The second-order valence-corrected chi connectivity index (χ2v) is 8.26. The van der Waals surface area contributed by atoms with Crippen molar-refractivity contribution >= 4 is 22.9 Å². The van der Waals surface area contributed by atoms with E-state index >= 15 is 0 Å². The van der Waals surface area contributed by atoms with E-state index in [2.05, 4.69) is 20.9 Å². The third kappa shape index (κ3) is 2.76. The minimum Gasteiger partial charge on any atom is -0.328 e. The van der Waals surface area contributed by atoms with Gasteiger partial charge in [-0.15, -0.1) is 11.3 Å². The van der Waals surface area contributed by atoms with E-state index < -0.39 is 0 Å². The van der Waals surface area contributed by atoms with Crippen LogP contribution >= 0.6 is 11.3 Å². The van der Waals surface area contributed by atoms with Crippen LogP contribution in [0, 0.1) is 0 Å². The van der Waals surface area contributed by atoms with E-state index in [-0.39, 0.29) is 5.91 Å². The minimum atomic E-state index is -0.00431. The van der Waals surface area contributed by atoms with Gasteiger partial charge in [-0.2, -0.15) is 0 Å². The first-order valence-electron chi connectivity index (χ1n) is 9.36. The number of carbonyl (C=O) groups is 1. The third-order valence-electron chi connectivity index (χ3n) is 5.37. The molecule has 1 aliphatic heterocycles. The Labute approximate surface area is 156 Å². The molecule has 26 heavy (non-hydrogen) atoms. The van der Waals surface area contributed by atoms with Crippen LogP contribution < -0.4 is 5.32 Å². The molecule has 4 nitrogen and oxygen atoms in total. The maximum Gasteiger partial charge on any atom is 0.265 e. The summed E-state index contributed by atoms with van der Waals surface area (Å²) in [6.07, 6.45) is 9.05. The average Bonchev–Trinajstić information content (AvgIpc) is 3.36. The zero-order valence-corrected chi connectivity index (χ0v) is 15.4. The van der Waals surface area contributed by atoms with Gasteiger partial charge < -0.3 is 9.88 Å². The molecule has 132 valence electrons. The number of aromatic nitrogens is 2. The highest BCUT2D eigenvalue weighted by Gasteiger charge is 2.19. The van der Waals surface area contributed by atoms with E-state index in [4.69, 9.17) is 0 Å². The van der Waals surface area contributed by atoms with Gasteiger partial charge in [0.2, 0.25) is 0 Å². The van der Waals surface area contributed by atoms with Crippen molar-refractivity contribution in [3.8, 4) is 11.4 Å². The maximum absolute atomic E-state index is 12.5. The van der Waals surface area contributed by atoms with Crippen LogP contribution in [0.4, 0.5) is 5.69 Å². The molecule has 0 radical (unpaired) electrons. The molecule has 5 rings (SSSR count). The molecule has 2 aliphatic rings. The van der Waals surface area contributed by atoms with Gasteiger partial charge in [0.15, 0.2) is 0 Å². The van der Waals surface area contributed by atoms with E-state index in [1.165, 1.54) is 35.4 Å². The van der Waals surface area contributed by atoms with Crippen molar-refractivity contribution in [2.45, 2.75) is 45.1 Å². The number of nitrogens with one attached hydrogen (secondary N) is 1. The van der Waals surface area contributed by atoms with Crippen molar-refractivity contribution in [1.29, 1.82) is 0 Å². The minimum absolute atomic E-state index is 0.00431. The molecule has 0 saturated carbocycles. The topological polar surface area (TPSA) is 46.9 Å². The molecule has 1 amide bonds. The number of anilines is 1. The van der Waals surface area contributed by atoms with Gasteiger partial charge in [0.05, 0.1) is 4.88 Å². The number of amides is 1. The third-order valence-corrected chi connectivity index (χ3v) is 6.61. The van der Waals surface area contributed by atoms with E-state index in [1.54, 1.807) is 11.3 Å². The SMILES string of the molecule is O=C(Nc1ccc(-c2ncc3n2CCCC3)cc1)c1cc2c(s1)CCC2. The second kappa shape index (κ2) is 6.40. The Hall–Kier alpha value is -2.40. The molecule has 0 spiro atoms. The quantitative estimate of drug-likeness (QED) is 0.734. The fraction of sp³-hybridized carbons (Fsp3) is 0.333. The lowest BCUT2D eigenvalue weighted by Gasteiger charge is -2.16. The molecule has 5 heteroatoms. The molecule has 0 unspecified atom stereocenters. The number of nitrogens with zero attached hydrogens (tertiary/aromatic N) is 2. The lowest BCUT2D eigenvalue weighted by molar-refractivity contribution is 0.103. The molecular weight excluding hydrogens is 342 g/mol. The monoisotopic (exact) mass is 363 g/mol. The van der Waals surface area contributed by atoms with Crippen LogP contribution in [-0.4, -0.2) is 15.5 Å². The summed E-state index contributed by atoms with van der Waals surface area (Å²) < 4.78 is 2.32. The summed E-state index contributed by atoms with van der Waals surface area (Å²) in [5.74, 6) is 1.03. The number of hydrogen-bond donors (Lipinski definition) is 1. The van der Waals surface area contributed by atoms with Crippen molar-refractivity contribution in [2.75, 3.05) is 5.32 Å². The van der Waals surface area contributed by atoms with Crippen molar-refractivity contribution in [2.24, 2.45) is 0 Å². The highest BCUT2D eigenvalue weighted by atomic mass is 32.1. The molecule has 1 N–H and O–H groups in total.